The highest BCUT2D eigenvalue weighted by atomic mass is 16.1. The van der Waals surface area contributed by atoms with Gasteiger partial charge in [0.05, 0.1) is 0 Å². The molecule has 0 aromatic heterocycles. The molecule has 1 fully saturated rings. The minimum absolute atomic E-state index is 0.200. The number of Topliss-reactive ketones (excluding diaryl/α,β-unsaturated/α-hetero) is 1. The monoisotopic (exact) mass is 169 g/mol. The first-order chi connectivity index (χ1) is 5.65. The number of nitrogens with two attached hydrogens (primary N) is 1. The molecule has 2 unspecified atom stereocenters. The molecule has 0 bridgehead atoms. The van der Waals surface area contributed by atoms with Gasteiger partial charge in [-0.1, -0.05) is 13.8 Å². The van der Waals surface area contributed by atoms with Crippen molar-refractivity contribution in [2.24, 2.45) is 23.5 Å². The van der Waals surface area contributed by atoms with Crippen molar-refractivity contribution in [3.8, 4) is 0 Å². The van der Waals surface area contributed by atoms with Crippen LogP contribution in [-0.2, 0) is 4.79 Å². The second-order valence-electron chi connectivity index (χ2n) is 4.17. The summed E-state index contributed by atoms with van der Waals surface area (Å²) >= 11 is 0. The summed E-state index contributed by atoms with van der Waals surface area (Å²) < 4.78 is 0. The number of ketones is 1. The van der Waals surface area contributed by atoms with E-state index in [1.807, 2.05) is 13.8 Å². The Balaban J connectivity index is 2.41. The number of hydrogen-bond acceptors (Lipinski definition) is 2. The van der Waals surface area contributed by atoms with Gasteiger partial charge < -0.3 is 5.73 Å². The maximum absolute atomic E-state index is 11.6. The van der Waals surface area contributed by atoms with E-state index < -0.39 is 0 Å². The lowest BCUT2D eigenvalue weighted by atomic mass is 9.93. The van der Waals surface area contributed by atoms with Gasteiger partial charge >= 0.3 is 0 Å². The van der Waals surface area contributed by atoms with E-state index >= 15 is 0 Å². The van der Waals surface area contributed by atoms with Crippen molar-refractivity contribution in [2.45, 2.75) is 33.1 Å². The molecule has 0 aromatic rings. The van der Waals surface area contributed by atoms with Crippen molar-refractivity contribution in [2.75, 3.05) is 6.54 Å². The van der Waals surface area contributed by atoms with Gasteiger partial charge in [0.25, 0.3) is 0 Å². The molecule has 1 saturated carbocycles. The lowest BCUT2D eigenvalue weighted by molar-refractivity contribution is -0.125. The van der Waals surface area contributed by atoms with Crippen LogP contribution < -0.4 is 5.73 Å². The maximum atomic E-state index is 11.6. The van der Waals surface area contributed by atoms with Gasteiger partial charge in [-0.05, 0) is 31.7 Å². The largest absolute Gasteiger partial charge is 0.330 e. The van der Waals surface area contributed by atoms with E-state index in [2.05, 4.69) is 0 Å². The molecule has 2 N–H and O–H groups in total. The number of rotatable bonds is 3. The Morgan fingerprint density at radius 1 is 1.50 bits per heavy atom. The van der Waals surface area contributed by atoms with Gasteiger partial charge in [0.1, 0.15) is 5.78 Å². The second kappa shape index (κ2) is 4.04. The number of carbonyl (C=O) groups is 1. The van der Waals surface area contributed by atoms with E-state index in [0.29, 0.717) is 17.6 Å². The van der Waals surface area contributed by atoms with E-state index in [-0.39, 0.29) is 5.92 Å². The molecule has 1 rings (SSSR count). The molecule has 2 atom stereocenters. The van der Waals surface area contributed by atoms with Crippen molar-refractivity contribution in [1.82, 2.24) is 0 Å². The van der Waals surface area contributed by atoms with Crippen molar-refractivity contribution >= 4 is 5.78 Å². The summed E-state index contributed by atoms with van der Waals surface area (Å²) in [5.74, 6) is 1.56. The number of hydrogen-bond donors (Lipinski definition) is 1. The molecule has 1 aliphatic carbocycles. The third kappa shape index (κ3) is 2.07. The second-order valence-corrected chi connectivity index (χ2v) is 4.17. The first kappa shape index (κ1) is 9.72. The Labute approximate surface area is 74.5 Å². The van der Waals surface area contributed by atoms with Crippen LogP contribution in [0.4, 0.5) is 0 Å². The molecule has 2 nitrogen and oxygen atoms in total. The Bertz CT molecular complexity index is 165. The van der Waals surface area contributed by atoms with E-state index in [9.17, 15) is 4.79 Å². The Morgan fingerprint density at radius 3 is 2.58 bits per heavy atom. The van der Waals surface area contributed by atoms with Crippen LogP contribution in [0.1, 0.15) is 33.1 Å². The summed E-state index contributed by atoms with van der Waals surface area (Å²) in [6.07, 6.45) is 3.26. The predicted octanol–water partition coefficient (Wildman–Crippen LogP) is 1.59. The molecular weight excluding hydrogens is 150 g/mol. The molecule has 0 saturated heterocycles. The van der Waals surface area contributed by atoms with Gasteiger partial charge in [0.2, 0.25) is 0 Å². The summed E-state index contributed by atoms with van der Waals surface area (Å²) in [4.78, 5) is 11.6. The lowest BCUT2D eigenvalue weighted by Gasteiger charge is -2.11. The first-order valence-corrected chi connectivity index (χ1v) is 4.89. The molecule has 0 heterocycles. The topological polar surface area (TPSA) is 43.1 Å². The molecular formula is C10H19NO. The van der Waals surface area contributed by atoms with Crippen LogP contribution in [0.2, 0.25) is 0 Å². The van der Waals surface area contributed by atoms with Crippen molar-refractivity contribution in [3.63, 3.8) is 0 Å². The van der Waals surface area contributed by atoms with Gasteiger partial charge in [-0.25, -0.2) is 0 Å². The summed E-state index contributed by atoms with van der Waals surface area (Å²) in [5.41, 5.74) is 5.56. The molecule has 2 heteroatoms. The Kier molecular flexibility index (Phi) is 3.27. The highest BCUT2D eigenvalue weighted by Gasteiger charge is 2.29. The zero-order valence-corrected chi connectivity index (χ0v) is 8.05. The van der Waals surface area contributed by atoms with E-state index in [4.69, 9.17) is 5.73 Å². The van der Waals surface area contributed by atoms with Gasteiger partial charge in [-0.3, -0.25) is 4.79 Å². The fourth-order valence-electron chi connectivity index (χ4n) is 2.02. The summed E-state index contributed by atoms with van der Waals surface area (Å²) in [6, 6.07) is 0. The zero-order chi connectivity index (χ0) is 9.14. The third-order valence-corrected chi connectivity index (χ3v) is 2.85. The minimum Gasteiger partial charge on any atom is -0.330 e. The predicted molar refractivity (Wildman–Crippen MR) is 49.7 cm³/mol. The van der Waals surface area contributed by atoms with Crippen LogP contribution in [0.15, 0.2) is 0 Å². The van der Waals surface area contributed by atoms with E-state index in [0.717, 1.165) is 25.8 Å². The molecule has 1 aliphatic rings. The van der Waals surface area contributed by atoms with Crippen LogP contribution in [0, 0.1) is 17.8 Å². The standard InChI is InChI=1S/C10H19NO/c1-7(2)10(12)9-4-3-8(5-9)6-11/h7-9H,3-6,11H2,1-2H3. The molecule has 0 radical (unpaired) electrons. The quantitative estimate of drug-likeness (QED) is 0.697. The van der Waals surface area contributed by atoms with Gasteiger partial charge in [-0.2, -0.15) is 0 Å². The highest BCUT2D eigenvalue weighted by Crippen LogP contribution is 2.32. The lowest BCUT2D eigenvalue weighted by Crippen LogP contribution is -2.18. The molecule has 0 aromatic carbocycles. The normalized spacial score (nSPS) is 29.7. The zero-order valence-electron chi connectivity index (χ0n) is 8.05. The maximum Gasteiger partial charge on any atom is 0.138 e. The first-order valence-electron chi connectivity index (χ1n) is 4.89. The van der Waals surface area contributed by atoms with Crippen molar-refractivity contribution in [1.29, 1.82) is 0 Å². The van der Waals surface area contributed by atoms with Gasteiger partial charge in [0, 0.05) is 11.8 Å². The molecule has 0 spiro atoms. The van der Waals surface area contributed by atoms with Gasteiger partial charge in [0.15, 0.2) is 0 Å². The van der Waals surface area contributed by atoms with E-state index in [1.54, 1.807) is 0 Å². The minimum atomic E-state index is 0.200. The summed E-state index contributed by atoms with van der Waals surface area (Å²) in [5, 5.41) is 0. The van der Waals surface area contributed by atoms with Crippen molar-refractivity contribution < 1.29 is 4.79 Å². The molecule has 0 amide bonds. The summed E-state index contributed by atoms with van der Waals surface area (Å²) in [6.45, 7) is 4.72. The Morgan fingerprint density at radius 2 is 2.17 bits per heavy atom. The molecule has 12 heavy (non-hydrogen) atoms. The average Bonchev–Trinajstić information content (AvgIpc) is 2.50. The van der Waals surface area contributed by atoms with Crippen LogP contribution in [0.5, 0.6) is 0 Å². The SMILES string of the molecule is CC(C)C(=O)C1CCC(CN)C1. The third-order valence-electron chi connectivity index (χ3n) is 2.85. The average molecular weight is 169 g/mol. The fourth-order valence-corrected chi connectivity index (χ4v) is 2.02. The molecule has 70 valence electrons. The van der Waals surface area contributed by atoms with Crippen LogP contribution >= 0.6 is 0 Å². The highest BCUT2D eigenvalue weighted by molar-refractivity contribution is 5.83. The fraction of sp³-hybridized carbons (Fsp3) is 0.900. The smallest absolute Gasteiger partial charge is 0.138 e. The van der Waals surface area contributed by atoms with Crippen LogP contribution in [0.3, 0.4) is 0 Å². The number of carbonyl (C=O) groups excluding carboxylic acids is 1. The Hall–Kier alpha value is -0.370. The van der Waals surface area contributed by atoms with E-state index in [1.165, 1.54) is 0 Å². The molecule has 0 aliphatic heterocycles. The van der Waals surface area contributed by atoms with Gasteiger partial charge in [-0.15, -0.1) is 0 Å². The summed E-state index contributed by atoms with van der Waals surface area (Å²) in [7, 11) is 0. The van der Waals surface area contributed by atoms with Crippen LogP contribution in [-0.4, -0.2) is 12.3 Å². The van der Waals surface area contributed by atoms with Crippen LogP contribution in [0.25, 0.3) is 0 Å². The van der Waals surface area contributed by atoms with Crippen molar-refractivity contribution in [3.05, 3.63) is 0 Å².